The van der Waals surface area contributed by atoms with Crippen LogP contribution in [0.15, 0.2) is 0 Å². The van der Waals surface area contributed by atoms with Gasteiger partial charge in [-0.05, 0) is 6.42 Å². The molecule has 5 heteroatoms. The summed E-state index contributed by atoms with van der Waals surface area (Å²) >= 11 is 0. The molecule has 0 aromatic rings. The summed E-state index contributed by atoms with van der Waals surface area (Å²) in [6.07, 6.45) is -1.12. The van der Waals surface area contributed by atoms with E-state index in [1.807, 2.05) is 0 Å². The van der Waals surface area contributed by atoms with Crippen LogP contribution in [0.1, 0.15) is 19.3 Å². The molecule has 0 heterocycles. The van der Waals surface area contributed by atoms with E-state index in [0.717, 1.165) is 0 Å². The van der Waals surface area contributed by atoms with Gasteiger partial charge in [-0.1, -0.05) is 0 Å². The van der Waals surface area contributed by atoms with E-state index in [1.54, 1.807) is 0 Å². The van der Waals surface area contributed by atoms with E-state index in [-0.39, 0.29) is 12.2 Å². The molecule has 0 aromatic carbocycles. The summed E-state index contributed by atoms with van der Waals surface area (Å²) < 4.78 is 0. The normalized spacial score (nSPS) is 29.9. The molecule has 1 fully saturated rings. The van der Waals surface area contributed by atoms with Gasteiger partial charge in [0.1, 0.15) is 5.78 Å². The number of aliphatic hydroxyl groups is 1. The standard InChI is InChI=1S/C7H11NO4/c9-4-1-2-6(10)5(3-4)8-7(11)12/h5-6,8,10H,1-3H2,(H,11,12). The predicted molar refractivity (Wildman–Crippen MR) is 39.8 cm³/mol. The first kappa shape index (κ1) is 8.99. The molecule has 1 rings (SSSR count). The number of rotatable bonds is 1. The lowest BCUT2D eigenvalue weighted by atomic mass is 9.92. The topological polar surface area (TPSA) is 86.6 Å². The second kappa shape index (κ2) is 3.53. The van der Waals surface area contributed by atoms with Crippen LogP contribution in [0.4, 0.5) is 4.79 Å². The van der Waals surface area contributed by atoms with Gasteiger partial charge in [0.05, 0.1) is 12.1 Å². The lowest BCUT2D eigenvalue weighted by molar-refractivity contribution is -0.123. The molecule has 1 saturated carbocycles. The van der Waals surface area contributed by atoms with E-state index < -0.39 is 18.2 Å². The van der Waals surface area contributed by atoms with Crippen molar-refractivity contribution in [3.05, 3.63) is 0 Å². The first-order valence-electron chi connectivity index (χ1n) is 3.79. The van der Waals surface area contributed by atoms with Crippen molar-refractivity contribution in [2.24, 2.45) is 0 Å². The van der Waals surface area contributed by atoms with Crippen LogP contribution in [0.3, 0.4) is 0 Å². The Labute approximate surface area is 69.4 Å². The third kappa shape index (κ3) is 2.20. The molecule has 1 amide bonds. The molecule has 1 aliphatic rings. The number of hydrogen-bond donors (Lipinski definition) is 3. The highest BCUT2D eigenvalue weighted by atomic mass is 16.4. The van der Waals surface area contributed by atoms with E-state index in [4.69, 9.17) is 5.11 Å². The Hall–Kier alpha value is -1.10. The van der Waals surface area contributed by atoms with Crippen molar-refractivity contribution >= 4 is 11.9 Å². The van der Waals surface area contributed by atoms with Crippen molar-refractivity contribution in [2.45, 2.75) is 31.4 Å². The Morgan fingerprint density at radius 1 is 1.58 bits per heavy atom. The van der Waals surface area contributed by atoms with Gasteiger partial charge in [-0.25, -0.2) is 4.79 Å². The first-order chi connectivity index (χ1) is 5.59. The molecular weight excluding hydrogens is 162 g/mol. The van der Waals surface area contributed by atoms with Crippen LogP contribution < -0.4 is 5.32 Å². The highest BCUT2D eigenvalue weighted by Gasteiger charge is 2.28. The molecule has 12 heavy (non-hydrogen) atoms. The maximum atomic E-state index is 10.9. The number of aliphatic hydroxyl groups excluding tert-OH is 1. The van der Waals surface area contributed by atoms with Gasteiger partial charge in [0, 0.05) is 12.8 Å². The van der Waals surface area contributed by atoms with Crippen LogP contribution in [0.5, 0.6) is 0 Å². The van der Waals surface area contributed by atoms with Gasteiger partial charge in [0.2, 0.25) is 0 Å². The van der Waals surface area contributed by atoms with Crippen LogP contribution >= 0.6 is 0 Å². The average Bonchev–Trinajstić information content (AvgIpc) is 1.96. The van der Waals surface area contributed by atoms with E-state index in [2.05, 4.69) is 5.32 Å². The lowest BCUT2D eigenvalue weighted by Gasteiger charge is -2.26. The third-order valence-electron chi connectivity index (χ3n) is 1.94. The molecule has 3 N–H and O–H groups in total. The summed E-state index contributed by atoms with van der Waals surface area (Å²) in [5, 5.41) is 19.7. The molecule has 2 unspecified atom stereocenters. The molecule has 0 saturated heterocycles. The highest BCUT2D eigenvalue weighted by Crippen LogP contribution is 2.15. The number of amides is 1. The summed E-state index contributed by atoms with van der Waals surface area (Å²) in [5.74, 6) is -0.000880. The molecule has 0 aliphatic heterocycles. The second-order valence-corrected chi connectivity index (χ2v) is 2.90. The Balaban J connectivity index is 2.49. The number of ketones is 1. The Morgan fingerprint density at radius 2 is 2.25 bits per heavy atom. The van der Waals surface area contributed by atoms with Crippen molar-refractivity contribution in [3.63, 3.8) is 0 Å². The van der Waals surface area contributed by atoms with Gasteiger partial charge in [0.25, 0.3) is 0 Å². The largest absolute Gasteiger partial charge is 0.465 e. The van der Waals surface area contributed by atoms with Crippen LogP contribution in [-0.2, 0) is 4.79 Å². The number of Topliss-reactive ketones (excluding diaryl/α,β-unsaturated/α-hetero) is 1. The van der Waals surface area contributed by atoms with E-state index in [0.29, 0.717) is 12.8 Å². The number of carbonyl (C=O) groups excluding carboxylic acids is 1. The van der Waals surface area contributed by atoms with Gasteiger partial charge in [0.15, 0.2) is 0 Å². The summed E-state index contributed by atoms with van der Waals surface area (Å²) in [5.41, 5.74) is 0. The molecule has 2 atom stereocenters. The van der Waals surface area contributed by atoms with Crippen molar-refractivity contribution < 1.29 is 19.8 Å². The molecular formula is C7H11NO4. The predicted octanol–water partition coefficient (Wildman–Crippen LogP) is -0.264. The minimum Gasteiger partial charge on any atom is -0.465 e. The van der Waals surface area contributed by atoms with E-state index in [1.165, 1.54) is 0 Å². The van der Waals surface area contributed by atoms with Crippen LogP contribution in [0, 0.1) is 0 Å². The van der Waals surface area contributed by atoms with Gasteiger partial charge >= 0.3 is 6.09 Å². The first-order valence-corrected chi connectivity index (χ1v) is 3.79. The maximum absolute atomic E-state index is 10.9. The summed E-state index contributed by atoms with van der Waals surface area (Å²) in [6, 6.07) is -0.622. The maximum Gasteiger partial charge on any atom is 0.404 e. The smallest absolute Gasteiger partial charge is 0.404 e. The Bertz CT molecular complexity index is 202. The quantitative estimate of drug-likeness (QED) is 0.509. The monoisotopic (exact) mass is 173 g/mol. The number of nitrogens with one attached hydrogen (secondary N) is 1. The number of carbonyl (C=O) groups is 2. The fraction of sp³-hybridized carbons (Fsp3) is 0.714. The molecule has 0 spiro atoms. The van der Waals surface area contributed by atoms with Crippen molar-refractivity contribution in [2.75, 3.05) is 0 Å². The van der Waals surface area contributed by atoms with Crippen molar-refractivity contribution in [1.29, 1.82) is 0 Å². The zero-order chi connectivity index (χ0) is 9.14. The van der Waals surface area contributed by atoms with Gasteiger partial charge in [-0.15, -0.1) is 0 Å². The zero-order valence-electron chi connectivity index (χ0n) is 6.49. The van der Waals surface area contributed by atoms with Gasteiger partial charge in [-0.2, -0.15) is 0 Å². The fourth-order valence-electron chi connectivity index (χ4n) is 1.30. The number of carboxylic acid groups (broad SMARTS) is 1. The molecule has 0 radical (unpaired) electrons. The van der Waals surface area contributed by atoms with E-state index in [9.17, 15) is 14.7 Å². The zero-order valence-corrected chi connectivity index (χ0v) is 6.49. The van der Waals surface area contributed by atoms with Gasteiger partial charge < -0.3 is 15.5 Å². The molecule has 0 aromatic heterocycles. The molecule has 0 bridgehead atoms. The minimum absolute atomic E-state index is 0.000880. The van der Waals surface area contributed by atoms with Crippen molar-refractivity contribution in [3.8, 4) is 0 Å². The molecule has 1 aliphatic carbocycles. The summed E-state index contributed by atoms with van der Waals surface area (Å²) in [6.45, 7) is 0. The Kier molecular flexibility index (Phi) is 2.65. The van der Waals surface area contributed by atoms with E-state index >= 15 is 0 Å². The Morgan fingerprint density at radius 3 is 2.83 bits per heavy atom. The van der Waals surface area contributed by atoms with Crippen LogP contribution in [0.2, 0.25) is 0 Å². The van der Waals surface area contributed by atoms with Crippen LogP contribution in [0.25, 0.3) is 0 Å². The fourth-order valence-corrected chi connectivity index (χ4v) is 1.30. The second-order valence-electron chi connectivity index (χ2n) is 2.90. The number of hydrogen-bond acceptors (Lipinski definition) is 3. The lowest BCUT2D eigenvalue weighted by Crippen LogP contribution is -2.46. The van der Waals surface area contributed by atoms with Crippen molar-refractivity contribution in [1.82, 2.24) is 5.32 Å². The summed E-state index contributed by atoms with van der Waals surface area (Å²) in [7, 11) is 0. The highest BCUT2D eigenvalue weighted by molar-refractivity contribution is 5.80. The van der Waals surface area contributed by atoms with Crippen LogP contribution in [-0.4, -0.2) is 34.2 Å². The SMILES string of the molecule is O=C1CCC(O)C(NC(=O)O)C1. The van der Waals surface area contributed by atoms with Gasteiger partial charge in [-0.3, -0.25) is 4.79 Å². The third-order valence-corrected chi connectivity index (χ3v) is 1.94. The average molecular weight is 173 g/mol. The molecule has 68 valence electrons. The molecule has 5 nitrogen and oxygen atoms in total. The minimum atomic E-state index is -1.20. The summed E-state index contributed by atoms with van der Waals surface area (Å²) in [4.78, 5) is 21.0.